The molecular weight excluding hydrogens is 228 g/mol. The van der Waals surface area contributed by atoms with Crippen molar-refractivity contribution >= 4 is 0 Å². The van der Waals surface area contributed by atoms with Gasteiger partial charge in [-0.25, -0.2) is 0 Å². The molecule has 0 aliphatic rings. The first-order valence-corrected chi connectivity index (χ1v) is 6.77. The molecule has 0 heterocycles. The molecule has 0 unspecified atom stereocenters. The van der Waals surface area contributed by atoms with E-state index in [2.05, 4.69) is 25.3 Å². The van der Waals surface area contributed by atoms with Gasteiger partial charge in [0, 0.05) is 6.42 Å². The third-order valence-electron chi connectivity index (χ3n) is 2.83. The molecule has 0 aromatic carbocycles. The first-order valence-electron chi connectivity index (χ1n) is 6.77. The van der Waals surface area contributed by atoms with Crippen LogP contribution in [0.5, 0.6) is 0 Å². The Kier molecular flexibility index (Phi) is 10.8. The molecule has 0 aromatic heterocycles. The lowest BCUT2D eigenvalue weighted by Crippen LogP contribution is -2.25. The molecule has 0 fully saturated rings. The second kappa shape index (κ2) is 11.3. The van der Waals surface area contributed by atoms with Gasteiger partial charge in [-0.15, -0.1) is 0 Å². The van der Waals surface area contributed by atoms with Crippen LogP contribution in [0.15, 0.2) is 12.7 Å². The molecule has 3 nitrogen and oxygen atoms in total. The van der Waals surface area contributed by atoms with Crippen molar-refractivity contribution in [3.05, 3.63) is 12.7 Å². The Morgan fingerprint density at radius 3 is 2.33 bits per heavy atom. The summed E-state index contributed by atoms with van der Waals surface area (Å²) >= 11 is 0. The Hall–Kier alpha value is -0.820. The highest BCUT2D eigenvalue weighted by molar-refractivity contribution is 5.11. The number of rotatable bonds is 9. The smallest absolute Gasteiger partial charge is 0.133 e. The summed E-state index contributed by atoms with van der Waals surface area (Å²) in [6.45, 7) is 5.56. The number of unbranched alkanes of at least 4 members (excludes halogenated alkanes) is 4. The van der Waals surface area contributed by atoms with Crippen molar-refractivity contribution in [2.75, 3.05) is 0 Å². The molecule has 3 atom stereocenters. The van der Waals surface area contributed by atoms with Gasteiger partial charge in [-0.2, -0.15) is 0 Å². The maximum Gasteiger partial charge on any atom is 0.133 e. The molecule has 0 aliphatic heterocycles. The number of aliphatic hydroxyl groups excluding tert-OH is 3. The van der Waals surface area contributed by atoms with E-state index in [0.717, 1.165) is 12.8 Å². The van der Waals surface area contributed by atoms with Crippen LogP contribution in [-0.2, 0) is 0 Å². The molecule has 3 heteroatoms. The zero-order chi connectivity index (χ0) is 13.8. The SMILES string of the molecule is C=C[C@@H](O)C#CC[C@@H](O)[C@H](O)CCCCCCC. The van der Waals surface area contributed by atoms with E-state index in [-0.39, 0.29) is 6.42 Å². The molecule has 3 N–H and O–H groups in total. The van der Waals surface area contributed by atoms with Crippen LogP contribution < -0.4 is 0 Å². The third kappa shape index (κ3) is 9.23. The van der Waals surface area contributed by atoms with Gasteiger partial charge in [0.2, 0.25) is 0 Å². The Morgan fingerprint density at radius 2 is 1.72 bits per heavy atom. The van der Waals surface area contributed by atoms with Gasteiger partial charge in [0.15, 0.2) is 0 Å². The van der Waals surface area contributed by atoms with Crippen molar-refractivity contribution in [1.29, 1.82) is 0 Å². The first-order chi connectivity index (χ1) is 8.61. The summed E-state index contributed by atoms with van der Waals surface area (Å²) < 4.78 is 0. The Balaban J connectivity index is 3.71. The van der Waals surface area contributed by atoms with Crippen LogP contribution in [0, 0.1) is 11.8 Å². The Morgan fingerprint density at radius 1 is 1.06 bits per heavy atom. The predicted octanol–water partition coefficient (Wildman–Crippen LogP) is 2.01. The van der Waals surface area contributed by atoms with Crippen LogP contribution in [-0.4, -0.2) is 33.6 Å². The summed E-state index contributed by atoms with van der Waals surface area (Å²) in [4.78, 5) is 0. The minimum atomic E-state index is -0.858. The molecule has 0 rings (SSSR count). The molecule has 0 radical (unpaired) electrons. The van der Waals surface area contributed by atoms with Crippen molar-refractivity contribution in [2.45, 2.75) is 70.2 Å². The van der Waals surface area contributed by atoms with E-state index in [1.165, 1.54) is 25.3 Å². The first kappa shape index (κ1) is 17.2. The van der Waals surface area contributed by atoms with E-state index in [9.17, 15) is 10.2 Å². The summed E-state index contributed by atoms with van der Waals surface area (Å²) in [5, 5.41) is 28.4. The van der Waals surface area contributed by atoms with Crippen LogP contribution in [0.1, 0.15) is 51.9 Å². The van der Waals surface area contributed by atoms with Crippen LogP contribution >= 0.6 is 0 Å². The second-order valence-corrected chi connectivity index (χ2v) is 4.54. The van der Waals surface area contributed by atoms with Crippen molar-refractivity contribution in [3.63, 3.8) is 0 Å². The van der Waals surface area contributed by atoms with Crippen molar-refractivity contribution in [1.82, 2.24) is 0 Å². The predicted molar refractivity (Wildman–Crippen MR) is 74.0 cm³/mol. The summed E-state index contributed by atoms with van der Waals surface area (Å²) in [7, 11) is 0. The fraction of sp³-hybridized carbons (Fsp3) is 0.733. The van der Waals surface area contributed by atoms with Gasteiger partial charge in [0.1, 0.15) is 6.10 Å². The van der Waals surface area contributed by atoms with E-state index in [1.807, 2.05) is 0 Å². The molecule has 0 amide bonds. The van der Waals surface area contributed by atoms with E-state index < -0.39 is 18.3 Å². The highest BCUT2D eigenvalue weighted by Crippen LogP contribution is 2.10. The van der Waals surface area contributed by atoms with Crippen molar-refractivity contribution in [2.24, 2.45) is 0 Å². The van der Waals surface area contributed by atoms with E-state index in [4.69, 9.17) is 5.11 Å². The minimum Gasteiger partial charge on any atom is -0.390 e. The number of hydrogen-bond acceptors (Lipinski definition) is 3. The molecular formula is C15H26O3. The van der Waals surface area contributed by atoms with E-state index in [1.54, 1.807) is 0 Å². The number of aliphatic hydroxyl groups is 3. The zero-order valence-corrected chi connectivity index (χ0v) is 11.3. The molecule has 0 spiro atoms. The van der Waals surface area contributed by atoms with Crippen LogP contribution in [0.4, 0.5) is 0 Å². The average molecular weight is 254 g/mol. The van der Waals surface area contributed by atoms with Gasteiger partial charge in [0.25, 0.3) is 0 Å². The molecule has 0 saturated carbocycles. The topological polar surface area (TPSA) is 60.7 Å². The van der Waals surface area contributed by atoms with Gasteiger partial charge in [-0.3, -0.25) is 0 Å². The van der Waals surface area contributed by atoms with Crippen molar-refractivity contribution in [3.8, 4) is 11.8 Å². The van der Waals surface area contributed by atoms with E-state index in [0.29, 0.717) is 6.42 Å². The van der Waals surface area contributed by atoms with Gasteiger partial charge >= 0.3 is 0 Å². The van der Waals surface area contributed by atoms with Crippen LogP contribution in [0.25, 0.3) is 0 Å². The highest BCUT2D eigenvalue weighted by atomic mass is 16.3. The average Bonchev–Trinajstić information content (AvgIpc) is 2.37. The minimum absolute atomic E-state index is 0.182. The third-order valence-corrected chi connectivity index (χ3v) is 2.83. The monoisotopic (exact) mass is 254 g/mol. The maximum atomic E-state index is 9.70. The summed E-state index contributed by atoms with van der Waals surface area (Å²) in [5.74, 6) is 5.16. The largest absolute Gasteiger partial charge is 0.390 e. The lowest BCUT2D eigenvalue weighted by molar-refractivity contribution is 0.0165. The number of hydrogen-bond donors (Lipinski definition) is 3. The molecule has 0 bridgehead atoms. The van der Waals surface area contributed by atoms with Crippen LogP contribution in [0.2, 0.25) is 0 Å². The lowest BCUT2D eigenvalue weighted by Gasteiger charge is -2.15. The van der Waals surface area contributed by atoms with Gasteiger partial charge in [0.05, 0.1) is 12.2 Å². The molecule has 0 saturated heterocycles. The summed E-state index contributed by atoms with van der Waals surface area (Å²) in [5.41, 5.74) is 0. The standard InChI is InChI=1S/C15H26O3/c1-3-5-6-7-8-11-14(17)15(18)12-9-10-13(16)4-2/h4,13-18H,2-3,5-8,11-12H2,1H3/t13-,14-,15-/m1/s1. The molecule has 18 heavy (non-hydrogen) atoms. The molecule has 0 aliphatic carbocycles. The summed E-state index contributed by atoms with van der Waals surface area (Å²) in [6, 6.07) is 0. The molecule has 104 valence electrons. The van der Waals surface area contributed by atoms with Gasteiger partial charge in [-0.1, -0.05) is 63.5 Å². The lowest BCUT2D eigenvalue weighted by atomic mass is 10.0. The fourth-order valence-electron chi connectivity index (χ4n) is 1.61. The van der Waals surface area contributed by atoms with E-state index >= 15 is 0 Å². The quantitative estimate of drug-likeness (QED) is 0.335. The summed E-state index contributed by atoms with van der Waals surface area (Å²) in [6.07, 6.45) is 5.34. The highest BCUT2D eigenvalue weighted by Gasteiger charge is 2.14. The Bertz CT molecular complexity index is 265. The Labute approximate surface area is 111 Å². The van der Waals surface area contributed by atoms with Crippen LogP contribution in [0.3, 0.4) is 0 Å². The fourth-order valence-corrected chi connectivity index (χ4v) is 1.61. The van der Waals surface area contributed by atoms with Gasteiger partial charge in [-0.05, 0) is 6.42 Å². The normalized spacial score (nSPS) is 15.3. The molecule has 0 aromatic rings. The second-order valence-electron chi connectivity index (χ2n) is 4.54. The van der Waals surface area contributed by atoms with Crippen molar-refractivity contribution < 1.29 is 15.3 Å². The van der Waals surface area contributed by atoms with Gasteiger partial charge < -0.3 is 15.3 Å². The maximum absolute atomic E-state index is 9.70. The zero-order valence-electron chi connectivity index (χ0n) is 11.3.